The van der Waals surface area contributed by atoms with Gasteiger partial charge in [0.1, 0.15) is 0 Å². The molecule has 2 heterocycles. The van der Waals surface area contributed by atoms with E-state index in [9.17, 15) is 0 Å². The van der Waals surface area contributed by atoms with Crippen LogP contribution in [0.1, 0.15) is 104 Å². The van der Waals surface area contributed by atoms with E-state index in [0.717, 1.165) is 5.69 Å². The maximum absolute atomic E-state index is 2.61. The van der Waals surface area contributed by atoms with E-state index in [1.165, 1.54) is 94.9 Å². The van der Waals surface area contributed by atoms with Crippen LogP contribution in [0.5, 0.6) is 0 Å². The van der Waals surface area contributed by atoms with Crippen molar-refractivity contribution in [2.24, 2.45) is 0 Å². The fourth-order valence-electron chi connectivity index (χ4n) is 10.4. The average molecular weight is 807 g/mol. The van der Waals surface area contributed by atoms with Gasteiger partial charge >= 0.3 is 0 Å². The van der Waals surface area contributed by atoms with Crippen LogP contribution in [0.4, 0.5) is 28.4 Å². The minimum atomic E-state index is -0.256. The molecule has 3 aliphatic rings. The fraction of sp³-hybridized carbons (Fsp3) is 0.254. The Balaban J connectivity index is 1.23. The summed E-state index contributed by atoms with van der Waals surface area (Å²) >= 11 is 0. The smallest absolute Gasteiger partial charge is 0.248 e. The van der Waals surface area contributed by atoms with E-state index in [0.29, 0.717) is 0 Å². The summed E-state index contributed by atoms with van der Waals surface area (Å²) in [6.07, 6.45) is 0. The fourth-order valence-corrected chi connectivity index (χ4v) is 10.4. The van der Waals surface area contributed by atoms with Gasteiger partial charge < -0.3 is 9.80 Å². The van der Waals surface area contributed by atoms with Gasteiger partial charge in [0, 0.05) is 45.1 Å². The minimum Gasteiger partial charge on any atom is -0.311 e. The monoisotopic (exact) mass is 806 g/mol. The lowest BCUT2D eigenvalue weighted by Crippen LogP contribution is -2.57. The molecule has 1 aliphatic carbocycles. The van der Waals surface area contributed by atoms with Gasteiger partial charge in [-0.25, -0.2) is 0 Å². The third-order valence-electron chi connectivity index (χ3n) is 14.0. The molecule has 0 aromatic heterocycles. The highest BCUT2D eigenvalue weighted by Crippen LogP contribution is 2.56. The molecule has 308 valence electrons. The van der Waals surface area contributed by atoms with Crippen molar-refractivity contribution in [2.45, 2.75) is 97.8 Å². The van der Waals surface area contributed by atoms with Gasteiger partial charge in [-0.15, -0.1) is 0 Å². The van der Waals surface area contributed by atoms with Gasteiger partial charge in [0.15, 0.2) is 0 Å². The second-order valence-corrected chi connectivity index (χ2v) is 21.5. The Kier molecular flexibility index (Phi) is 9.03. The molecule has 7 aromatic carbocycles. The summed E-state index contributed by atoms with van der Waals surface area (Å²) in [5.74, 6) is 0. The van der Waals surface area contributed by atoms with Crippen molar-refractivity contribution in [2.75, 3.05) is 9.80 Å². The van der Waals surface area contributed by atoms with Crippen LogP contribution in [0.15, 0.2) is 163 Å². The van der Waals surface area contributed by atoms with Gasteiger partial charge in [-0.3, -0.25) is 0 Å². The van der Waals surface area contributed by atoms with Crippen LogP contribution in [0.2, 0.25) is 0 Å². The number of anilines is 5. The van der Waals surface area contributed by atoms with Crippen molar-refractivity contribution >= 4 is 51.8 Å². The van der Waals surface area contributed by atoms with E-state index in [1.807, 2.05) is 0 Å². The molecule has 10 rings (SSSR count). The zero-order chi connectivity index (χ0) is 43.5. The first-order valence-corrected chi connectivity index (χ1v) is 22.6. The Morgan fingerprint density at radius 3 is 1.53 bits per heavy atom. The lowest BCUT2D eigenvalue weighted by Gasteiger charge is -2.46. The normalized spacial score (nSPS) is 15.3. The lowest BCUT2D eigenvalue weighted by molar-refractivity contribution is 0.584. The summed E-state index contributed by atoms with van der Waals surface area (Å²) in [5.41, 5.74) is 23.2. The van der Waals surface area contributed by atoms with Crippen molar-refractivity contribution in [3.8, 4) is 22.3 Å². The van der Waals surface area contributed by atoms with Gasteiger partial charge in [-0.05, 0) is 114 Å². The Labute approximate surface area is 371 Å². The molecule has 0 amide bonds. The Bertz CT molecular complexity index is 2910. The largest absolute Gasteiger partial charge is 0.311 e. The molecular weight excluding hydrogens is 747 g/mol. The van der Waals surface area contributed by atoms with Gasteiger partial charge in [-0.2, -0.15) is 0 Å². The molecule has 0 spiro atoms. The third kappa shape index (κ3) is 6.38. The van der Waals surface area contributed by atoms with Gasteiger partial charge in [-0.1, -0.05) is 197 Å². The van der Waals surface area contributed by atoms with E-state index in [2.05, 4.69) is 244 Å². The van der Waals surface area contributed by atoms with Crippen LogP contribution in [-0.2, 0) is 21.7 Å². The predicted octanol–water partition coefficient (Wildman–Crippen LogP) is 14.7. The van der Waals surface area contributed by atoms with Crippen LogP contribution in [0, 0.1) is 0 Å². The van der Waals surface area contributed by atoms with Crippen molar-refractivity contribution in [3.63, 3.8) is 0 Å². The summed E-state index contributed by atoms with van der Waals surface area (Å²) in [4.78, 5) is 5.14. The Morgan fingerprint density at radius 2 is 0.935 bits per heavy atom. The Hall–Kier alpha value is -6.06. The van der Waals surface area contributed by atoms with Crippen molar-refractivity contribution in [1.82, 2.24) is 0 Å². The summed E-state index contributed by atoms with van der Waals surface area (Å²) in [5, 5.41) is 0. The SMILES string of the molecule is CC(C)(C)c1ccc(-c2cccc(N3C4=C(B5c6ccc(-c7ccc(C(C)(C)C)cc7)cc6N(c6ccccc6)c6cccc3c65)C(C)(C)c3cc(C(C)(C)C)ccc34)c2)cc1. The number of nitrogens with zero attached hydrogens (tertiary/aromatic N) is 2. The first-order chi connectivity index (χ1) is 29.4. The molecule has 0 atom stereocenters. The molecule has 0 saturated carbocycles. The molecule has 7 aromatic rings. The second-order valence-electron chi connectivity index (χ2n) is 21.5. The number of rotatable bonds is 4. The molecular formula is C59H59BN2. The van der Waals surface area contributed by atoms with Crippen LogP contribution in [-0.4, -0.2) is 6.71 Å². The van der Waals surface area contributed by atoms with Gasteiger partial charge in [0.2, 0.25) is 6.71 Å². The molecule has 0 unspecified atom stereocenters. The topological polar surface area (TPSA) is 6.48 Å². The van der Waals surface area contributed by atoms with Crippen molar-refractivity contribution < 1.29 is 0 Å². The Morgan fingerprint density at radius 1 is 0.419 bits per heavy atom. The van der Waals surface area contributed by atoms with Crippen molar-refractivity contribution in [3.05, 3.63) is 191 Å². The number of fused-ring (bicyclic) bond motifs is 5. The first kappa shape index (κ1) is 40.0. The average Bonchev–Trinajstić information content (AvgIpc) is 3.48. The van der Waals surface area contributed by atoms with E-state index >= 15 is 0 Å². The van der Waals surface area contributed by atoms with Crippen LogP contribution < -0.4 is 20.7 Å². The molecule has 3 heteroatoms. The van der Waals surface area contributed by atoms with Crippen molar-refractivity contribution in [1.29, 1.82) is 0 Å². The van der Waals surface area contributed by atoms with Gasteiger partial charge in [0.25, 0.3) is 0 Å². The van der Waals surface area contributed by atoms with E-state index in [4.69, 9.17) is 0 Å². The van der Waals surface area contributed by atoms with E-state index < -0.39 is 0 Å². The van der Waals surface area contributed by atoms with Gasteiger partial charge in [0.05, 0.1) is 0 Å². The summed E-state index contributed by atoms with van der Waals surface area (Å²) in [6.45, 7) is 25.7. The zero-order valence-corrected chi connectivity index (χ0v) is 38.5. The standard InChI is InChI=1S/C59H59BN2/c1-56(2,3)42-28-23-38(24-29-42)40-17-15-20-46(35-40)62-51-22-16-21-50-53(51)60(55-54(62)47-33-32-44(58(7,8)9)37-48(47)59(55,10)11)49-34-27-41(39-25-30-43(31-26-39)57(4,5)6)36-52(49)61(50)45-18-13-12-14-19-45/h12-37H,1-11H3. The maximum atomic E-state index is 2.61. The summed E-state index contributed by atoms with van der Waals surface area (Å²) in [7, 11) is 0. The van der Waals surface area contributed by atoms with E-state index in [1.54, 1.807) is 0 Å². The molecule has 62 heavy (non-hydrogen) atoms. The lowest BCUT2D eigenvalue weighted by atomic mass is 9.30. The maximum Gasteiger partial charge on any atom is 0.248 e. The highest BCUT2D eigenvalue weighted by molar-refractivity contribution is 6.96. The molecule has 0 radical (unpaired) electrons. The summed E-state index contributed by atoms with van der Waals surface area (Å²) in [6, 6.07) is 60.2. The molecule has 0 N–H and O–H groups in total. The number of benzene rings is 7. The molecule has 0 saturated heterocycles. The summed E-state index contributed by atoms with van der Waals surface area (Å²) < 4.78 is 0. The predicted molar refractivity (Wildman–Crippen MR) is 268 cm³/mol. The third-order valence-corrected chi connectivity index (χ3v) is 14.0. The second kappa shape index (κ2) is 14.0. The van der Waals surface area contributed by atoms with Crippen LogP contribution in [0.25, 0.3) is 28.0 Å². The number of allylic oxidation sites excluding steroid dienone is 1. The highest BCUT2D eigenvalue weighted by atomic mass is 15.2. The van der Waals surface area contributed by atoms with Crippen LogP contribution in [0.3, 0.4) is 0 Å². The molecule has 0 fully saturated rings. The minimum absolute atomic E-state index is 0.0238. The molecule has 2 aliphatic heterocycles. The highest BCUT2D eigenvalue weighted by Gasteiger charge is 2.53. The zero-order valence-electron chi connectivity index (χ0n) is 38.5. The quantitative estimate of drug-likeness (QED) is 0.164. The number of hydrogen-bond donors (Lipinski definition) is 0. The molecule has 0 bridgehead atoms. The number of para-hydroxylation sites is 1. The molecule has 2 nitrogen and oxygen atoms in total. The first-order valence-electron chi connectivity index (χ1n) is 22.6. The number of hydrogen-bond acceptors (Lipinski definition) is 2. The van der Waals surface area contributed by atoms with E-state index in [-0.39, 0.29) is 28.4 Å². The van der Waals surface area contributed by atoms with Crippen LogP contribution >= 0.6 is 0 Å².